The first kappa shape index (κ1) is 15.9. The van der Waals surface area contributed by atoms with Crippen LogP contribution >= 0.6 is 11.6 Å². The van der Waals surface area contributed by atoms with Crippen LogP contribution in [0.4, 0.5) is 5.82 Å². The van der Waals surface area contributed by atoms with Crippen LogP contribution in [-0.4, -0.2) is 57.9 Å². The Morgan fingerprint density at radius 2 is 2.23 bits per heavy atom. The van der Waals surface area contributed by atoms with Crippen LogP contribution in [0.5, 0.6) is 0 Å². The van der Waals surface area contributed by atoms with E-state index in [1.807, 2.05) is 14.1 Å². The van der Waals surface area contributed by atoms with Gasteiger partial charge in [-0.25, -0.2) is 9.79 Å². The van der Waals surface area contributed by atoms with Gasteiger partial charge in [-0.15, -0.1) is 10.2 Å². The fourth-order valence-electron chi connectivity index (χ4n) is 1.58. The van der Waals surface area contributed by atoms with E-state index in [1.165, 1.54) is 10.9 Å². The molecule has 0 spiro atoms. The number of ether oxygens (including phenoxy) is 1. The molecule has 2 aromatic heterocycles. The molecule has 9 heteroatoms. The molecule has 0 radical (unpaired) electrons. The van der Waals surface area contributed by atoms with E-state index in [0.717, 1.165) is 0 Å². The summed E-state index contributed by atoms with van der Waals surface area (Å²) in [6.45, 7) is 2.00. The molecule has 0 bridgehead atoms. The lowest BCUT2D eigenvalue weighted by atomic mass is 10.3. The largest absolute Gasteiger partial charge is 0.462 e. The Hall–Kier alpha value is -2.48. The van der Waals surface area contributed by atoms with Crippen molar-refractivity contribution in [3.05, 3.63) is 29.0 Å². The molecule has 0 N–H and O–H groups in total. The number of carbonyl (C=O) groups is 1. The van der Waals surface area contributed by atoms with Gasteiger partial charge in [-0.1, -0.05) is 11.6 Å². The summed E-state index contributed by atoms with van der Waals surface area (Å²) in [5.41, 5.74) is 0.247. The summed E-state index contributed by atoms with van der Waals surface area (Å²) in [6, 6.07) is 3.21. The second kappa shape index (κ2) is 6.99. The molecule has 2 aromatic rings. The van der Waals surface area contributed by atoms with Crippen LogP contribution in [0, 0.1) is 0 Å². The lowest BCUT2D eigenvalue weighted by molar-refractivity contribution is 0.0527. The van der Waals surface area contributed by atoms with Crippen molar-refractivity contribution in [2.24, 2.45) is 4.99 Å². The zero-order chi connectivity index (χ0) is 16.1. The molecule has 8 nitrogen and oxygen atoms in total. The molecule has 0 aromatic carbocycles. The van der Waals surface area contributed by atoms with E-state index in [2.05, 4.69) is 20.3 Å². The van der Waals surface area contributed by atoms with Crippen LogP contribution in [0.15, 0.2) is 23.3 Å². The maximum absolute atomic E-state index is 12.0. The number of carbonyl (C=O) groups excluding carboxylic acids is 1. The Morgan fingerprint density at radius 3 is 2.82 bits per heavy atom. The van der Waals surface area contributed by atoms with Gasteiger partial charge in [0.1, 0.15) is 5.56 Å². The van der Waals surface area contributed by atoms with E-state index < -0.39 is 5.97 Å². The Kier molecular flexibility index (Phi) is 5.05. The predicted octanol–water partition coefficient (Wildman–Crippen LogP) is 1.71. The summed E-state index contributed by atoms with van der Waals surface area (Å²) >= 11 is 5.72. The highest BCUT2D eigenvalue weighted by Gasteiger charge is 2.19. The Morgan fingerprint density at radius 1 is 1.45 bits per heavy atom. The van der Waals surface area contributed by atoms with Crippen molar-refractivity contribution in [3.8, 4) is 5.82 Å². The SMILES string of the molecule is CCOC(=O)c1cnn(-c2ccc(Cl)nn2)c1/N=C/N(C)C. The molecule has 0 amide bonds. The summed E-state index contributed by atoms with van der Waals surface area (Å²) < 4.78 is 6.41. The van der Waals surface area contributed by atoms with Crippen molar-refractivity contribution in [2.45, 2.75) is 6.92 Å². The normalized spacial score (nSPS) is 10.9. The third-order valence-corrected chi connectivity index (χ3v) is 2.69. The summed E-state index contributed by atoms with van der Waals surface area (Å²) in [6.07, 6.45) is 2.94. The van der Waals surface area contributed by atoms with Gasteiger partial charge in [-0.2, -0.15) is 9.78 Å². The van der Waals surface area contributed by atoms with E-state index in [0.29, 0.717) is 11.6 Å². The minimum absolute atomic E-state index is 0.247. The van der Waals surface area contributed by atoms with Crippen LogP contribution in [0.2, 0.25) is 5.15 Å². The van der Waals surface area contributed by atoms with Crippen LogP contribution in [0.1, 0.15) is 17.3 Å². The average molecular weight is 323 g/mol. The predicted molar refractivity (Wildman–Crippen MR) is 82.0 cm³/mol. The maximum atomic E-state index is 12.0. The zero-order valence-electron chi connectivity index (χ0n) is 12.4. The summed E-state index contributed by atoms with van der Waals surface area (Å²) in [5.74, 6) is 0.205. The van der Waals surface area contributed by atoms with Gasteiger partial charge in [0.2, 0.25) is 0 Å². The van der Waals surface area contributed by atoms with Gasteiger partial charge in [0.05, 0.1) is 19.1 Å². The fourth-order valence-corrected chi connectivity index (χ4v) is 1.68. The summed E-state index contributed by atoms with van der Waals surface area (Å²) in [5, 5.41) is 12.1. The average Bonchev–Trinajstić information content (AvgIpc) is 2.90. The Balaban J connectivity index is 2.49. The van der Waals surface area contributed by atoms with Gasteiger partial charge in [0.15, 0.2) is 16.8 Å². The first-order valence-corrected chi connectivity index (χ1v) is 6.86. The van der Waals surface area contributed by atoms with Crippen molar-refractivity contribution in [1.82, 2.24) is 24.9 Å². The van der Waals surface area contributed by atoms with Gasteiger partial charge in [-0.05, 0) is 19.1 Å². The minimum atomic E-state index is -0.499. The molecule has 2 heterocycles. The summed E-state index contributed by atoms with van der Waals surface area (Å²) in [7, 11) is 3.63. The van der Waals surface area contributed by atoms with Crippen LogP contribution < -0.4 is 0 Å². The zero-order valence-corrected chi connectivity index (χ0v) is 13.2. The first-order valence-electron chi connectivity index (χ1n) is 6.48. The molecule has 116 valence electrons. The molecule has 0 unspecified atom stereocenters. The second-order valence-corrected chi connectivity index (χ2v) is 4.82. The molecule has 0 aliphatic heterocycles. The van der Waals surface area contributed by atoms with Crippen LogP contribution in [0.3, 0.4) is 0 Å². The van der Waals surface area contributed by atoms with Crippen LogP contribution in [0.25, 0.3) is 5.82 Å². The van der Waals surface area contributed by atoms with Crippen molar-refractivity contribution in [3.63, 3.8) is 0 Å². The third kappa shape index (κ3) is 3.59. The fraction of sp³-hybridized carbons (Fsp3) is 0.308. The first-order chi connectivity index (χ1) is 10.5. The lowest BCUT2D eigenvalue weighted by Crippen LogP contribution is -2.09. The highest BCUT2D eigenvalue weighted by Crippen LogP contribution is 2.23. The van der Waals surface area contributed by atoms with E-state index in [1.54, 1.807) is 30.3 Å². The number of hydrogen-bond acceptors (Lipinski definition) is 6. The van der Waals surface area contributed by atoms with Crippen molar-refractivity contribution >= 4 is 29.7 Å². The molecule has 0 saturated heterocycles. The molecular formula is C13H15ClN6O2. The van der Waals surface area contributed by atoms with Gasteiger partial charge in [0.25, 0.3) is 0 Å². The Labute approximate surface area is 132 Å². The monoisotopic (exact) mass is 322 g/mol. The number of nitrogens with zero attached hydrogens (tertiary/aromatic N) is 6. The third-order valence-electron chi connectivity index (χ3n) is 2.49. The molecule has 2 rings (SSSR count). The minimum Gasteiger partial charge on any atom is -0.462 e. The maximum Gasteiger partial charge on any atom is 0.343 e. The molecule has 22 heavy (non-hydrogen) atoms. The molecule has 0 aliphatic carbocycles. The van der Waals surface area contributed by atoms with E-state index >= 15 is 0 Å². The highest BCUT2D eigenvalue weighted by molar-refractivity contribution is 6.29. The smallest absolute Gasteiger partial charge is 0.343 e. The van der Waals surface area contributed by atoms with Crippen LogP contribution in [-0.2, 0) is 4.74 Å². The second-order valence-electron chi connectivity index (χ2n) is 4.44. The number of esters is 1. The molecule has 0 saturated carbocycles. The number of hydrogen-bond donors (Lipinski definition) is 0. The van der Waals surface area contributed by atoms with Gasteiger partial charge < -0.3 is 9.64 Å². The van der Waals surface area contributed by atoms with Gasteiger partial charge in [0, 0.05) is 14.1 Å². The van der Waals surface area contributed by atoms with Gasteiger partial charge in [-0.3, -0.25) is 0 Å². The van der Waals surface area contributed by atoms with Crippen molar-refractivity contribution in [1.29, 1.82) is 0 Å². The number of halogens is 1. The quantitative estimate of drug-likeness (QED) is 0.473. The van der Waals surface area contributed by atoms with E-state index in [4.69, 9.17) is 16.3 Å². The Bertz CT molecular complexity index is 680. The molecule has 0 fully saturated rings. The molecule has 0 aliphatic rings. The van der Waals surface area contributed by atoms with Crippen molar-refractivity contribution in [2.75, 3.05) is 20.7 Å². The number of rotatable bonds is 5. The number of aliphatic imine (C=N–C) groups is 1. The van der Waals surface area contributed by atoms with E-state index in [-0.39, 0.29) is 17.3 Å². The topological polar surface area (TPSA) is 85.5 Å². The molecular weight excluding hydrogens is 308 g/mol. The van der Waals surface area contributed by atoms with Crippen molar-refractivity contribution < 1.29 is 9.53 Å². The van der Waals surface area contributed by atoms with E-state index in [9.17, 15) is 4.79 Å². The molecule has 0 atom stereocenters. The number of aromatic nitrogens is 4. The highest BCUT2D eigenvalue weighted by atomic mass is 35.5. The standard InChI is InChI=1S/C13H15ClN6O2/c1-4-22-13(21)9-7-16-20(12(9)15-8-19(2)3)11-6-5-10(14)17-18-11/h5-8H,4H2,1-3H3/b15-8+. The summed E-state index contributed by atoms with van der Waals surface area (Å²) in [4.78, 5) is 18.0. The van der Waals surface area contributed by atoms with Gasteiger partial charge >= 0.3 is 5.97 Å². The lowest BCUT2D eigenvalue weighted by Gasteiger charge is -2.06.